The number of amides is 1. The van der Waals surface area contributed by atoms with E-state index in [2.05, 4.69) is 40.4 Å². The maximum absolute atomic E-state index is 12.0. The van der Waals surface area contributed by atoms with Gasteiger partial charge in [0.05, 0.1) is 12.0 Å². The minimum atomic E-state index is -0.0332. The van der Waals surface area contributed by atoms with E-state index < -0.39 is 0 Å². The summed E-state index contributed by atoms with van der Waals surface area (Å²) in [6.07, 6.45) is 6.59. The van der Waals surface area contributed by atoms with Crippen LogP contribution in [-0.4, -0.2) is 25.7 Å². The third kappa shape index (κ3) is 3.71. The molecule has 0 spiro atoms. The molecule has 2 N–H and O–H groups in total. The fraction of sp³-hybridized carbons (Fsp3) is 0.278. The summed E-state index contributed by atoms with van der Waals surface area (Å²) in [5, 5.41) is 10.0. The Morgan fingerprint density at radius 3 is 3.00 bits per heavy atom. The average molecular weight is 323 g/mol. The summed E-state index contributed by atoms with van der Waals surface area (Å²) >= 11 is 0. The second-order valence-corrected chi connectivity index (χ2v) is 5.87. The molecule has 0 radical (unpaired) electrons. The number of H-pyrrole nitrogens is 1. The normalized spacial score (nSPS) is 10.8. The second kappa shape index (κ2) is 7.12. The summed E-state index contributed by atoms with van der Waals surface area (Å²) in [6.45, 7) is 4.94. The van der Waals surface area contributed by atoms with E-state index in [1.165, 1.54) is 11.1 Å². The van der Waals surface area contributed by atoms with E-state index in [9.17, 15) is 4.79 Å². The van der Waals surface area contributed by atoms with Crippen molar-refractivity contribution in [2.24, 2.45) is 0 Å². The van der Waals surface area contributed by atoms with Crippen molar-refractivity contribution in [3.05, 3.63) is 54.1 Å². The fourth-order valence-electron chi connectivity index (χ4n) is 2.61. The molecule has 6 nitrogen and oxygen atoms in total. The highest BCUT2D eigenvalue weighted by atomic mass is 16.1. The summed E-state index contributed by atoms with van der Waals surface area (Å²) < 4.78 is 1.96. The molecule has 0 aliphatic heterocycles. The van der Waals surface area contributed by atoms with Crippen LogP contribution in [0.25, 0.3) is 11.3 Å². The first-order valence-electron chi connectivity index (χ1n) is 8.01. The number of nitrogens with zero attached hydrogens (tertiary/aromatic N) is 3. The van der Waals surface area contributed by atoms with Crippen LogP contribution >= 0.6 is 0 Å². The number of aryl methyl sites for hydroxylation is 2. The number of carbonyl (C=O) groups excluding carboxylic acids is 1. The molecular formula is C18H21N5O. The molecule has 3 rings (SSSR count). The average Bonchev–Trinajstić information content (AvgIpc) is 3.22. The van der Waals surface area contributed by atoms with E-state index in [1.54, 1.807) is 12.5 Å². The van der Waals surface area contributed by atoms with Gasteiger partial charge in [0.1, 0.15) is 0 Å². The minimum Gasteiger partial charge on any atom is -0.337 e. The highest BCUT2D eigenvalue weighted by Gasteiger charge is 2.09. The van der Waals surface area contributed by atoms with Crippen LogP contribution in [0.5, 0.6) is 0 Å². The van der Waals surface area contributed by atoms with Gasteiger partial charge < -0.3 is 9.88 Å². The summed E-state index contributed by atoms with van der Waals surface area (Å²) in [4.78, 5) is 16.0. The van der Waals surface area contributed by atoms with Crippen LogP contribution < -0.4 is 5.32 Å². The van der Waals surface area contributed by atoms with E-state index in [0.717, 1.165) is 24.2 Å². The SMILES string of the molecule is Cc1cccc(-c2cc(NC(=O)CCCn3ccnc3)n[nH]2)c1C. The lowest BCUT2D eigenvalue weighted by molar-refractivity contribution is -0.116. The summed E-state index contributed by atoms with van der Waals surface area (Å²) in [5.74, 6) is 0.521. The van der Waals surface area contributed by atoms with E-state index >= 15 is 0 Å². The molecule has 2 heterocycles. The fourth-order valence-corrected chi connectivity index (χ4v) is 2.61. The standard InChI is InChI=1S/C18H21N5O/c1-13-5-3-6-15(14(13)2)16-11-17(22-21-16)20-18(24)7-4-9-23-10-8-19-12-23/h3,5-6,8,10-12H,4,7,9H2,1-2H3,(H2,20,21,22,24). The Hall–Kier alpha value is -2.89. The number of hydrogen-bond acceptors (Lipinski definition) is 3. The molecule has 1 aromatic carbocycles. The number of nitrogens with one attached hydrogen (secondary N) is 2. The molecule has 0 unspecified atom stereocenters. The summed E-state index contributed by atoms with van der Waals surface area (Å²) in [6, 6.07) is 8.02. The van der Waals surface area contributed by atoms with Crippen LogP contribution in [0.4, 0.5) is 5.82 Å². The molecule has 2 aromatic heterocycles. The molecule has 0 atom stereocenters. The van der Waals surface area contributed by atoms with Gasteiger partial charge in [0.25, 0.3) is 0 Å². The Bertz CT molecular complexity index is 820. The number of carbonyl (C=O) groups is 1. The first kappa shape index (κ1) is 16.0. The van der Waals surface area contributed by atoms with Crippen LogP contribution in [0.2, 0.25) is 0 Å². The Balaban J connectivity index is 1.57. The maximum Gasteiger partial charge on any atom is 0.225 e. The second-order valence-electron chi connectivity index (χ2n) is 5.87. The number of imidazole rings is 1. The Morgan fingerprint density at radius 1 is 1.33 bits per heavy atom. The van der Waals surface area contributed by atoms with Crippen LogP contribution in [0.1, 0.15) is 24.0 Å². The van der Waals surface area contributed by atoms with Crippen molar-refractivity contribution in [1.29, 1.82) is 0 Å². The molecular weight excluding hydrogens is 302 g/mol. The van der Waals surface area contributed by atoms with E-state index in [0.29, 0.717) is 12.2 Å². The third-order valence-electron chi connectivity index (χ3n) is 4.12. The predicted molar refractivity (Wildman–Crippen MR) is 93.6 cm³/mol. The van der Waals surface area contributed by atoms with Crippen molar-refractivity contribution >= 4 is 11.7 Å². The van der Waals surface area contributed by atoms with Gasteiger partial charge >= 0.3 is 0 Å². The highest BCUT2D eigenvalue weighted by molar-refractivity contribution is 5.90. The lowest BCUT2D eigenvalue weighted by Gasteiger charge is -2.05. The van der Waals surface area contributed by atoms with Crippen molar-refractivity contribution in [2.45, 2.75) is 33.2 Å². The molecule has 0 saturated carbocycles. The quantitative estimate of drug-likeness (QED) is 0.731. The number of benzene rings is 1. The number of hydrogen-bond donors (Lipinski definition) is 2. The van der Waals surface area contributed by atoms with Gasteiger partial charge in [-0.15, -0.1) is 0 Å². The van der Waals surface area contributed by atoms with Gasteiger partial charge in [0, 0.05) is 37.0 Å². The van der Waals surface area contributed by atoms with Gasteiger partial charge in [0.15, 0.2) is 5.82 Å². The van der Waals surface area contributed by atoms with Gasteiger partial charge in [-0.05, 0) is 31.4 Å². The Kier molecular flexibility index (Phi) is 4.74. The Labute approximate surface area is 140 Å². The van der Waals surface area contributed by atoms with E-state index in [-0.39, 0.29) is 5.91 Å². The lowest BCUT2D eigenvalue weighted by atomic mass is 10.0. The van der Waals surface area contributed by atoms with Crippen molar-refractivity contribution in [3.63, 3.8) is 0 Å². The zero-order chi connectivity index (χ0) is 16.9. The number of anilines is 1. The summed E-state index contributed by atoms with van der Waals surface area (Å²) in [7, 11) is 0. The van der Waals surface area contributed by atoms with Crippen molar-refractivity contribution < 1.29 is 4.79 Å². The zero-order valence-corrected chi connectivity index (χ0v) is 13.9. The van der Waals surface area contributed by atoms with Gasteiger partial charge in [-0.2, -0.15) is 5.10 Å². The van der Waals surface area contributed by atoms with Gasteiger partial charge in [-0.3, -0.25) is 9.89 Å². The monoisotopic (exact) mass is 323 g/mol. The zero-order valence-electron chi connectivity index (χ0n) is 13.9. The van der Waals surface area contributed by atoms with Crippen LogP contribution in [0.15, 0.2) is 43.0 Å². The molecule has 0 aliphatic carbocycles. The van der Waals surface area contributed by atoms with Crippen molar-refractivity contribution in [3.8, 4) is 11.3 Å². The molecule has 6 heteroatoms. The van der Waals surface area contributed by atoms with Crippen LogP contribution in [0.3, 0.4) is 0 Å². The molecule has 24 heavy (non-hydrogen) atoms. The van der Waals surface area contributed by atoms with E-state index in [1.807, 2.05) is 29.0 Å². The smallest absolute Gasteiger partial charge is 0.225 e. The van der Waals surface area contributed by atoms with Gasteiger partial charge in [0.2, 0.25) is 5.91 Å². The number of aromatic amines is 1. The van der Waals surface area contributed by atoms with Crippen molar-refractivity contribution in [1.82, 2.24) is 19.7 Å². The molecule has 0 aliphatic rings. The topological polar surface area (TPSA) is 75.6 Å². The molecule has 0 bridgehead atoms. The van der Waals surface area contributed by atoms with Gasteiger partial charge in [-0.1, -0.05) is 18.2 Å². The largest absolute Gasteiger partial charge is 0.337 e. The van der Waals surface area contributed by atoms with E-state index in [4.69, 9.17) is 0 Å². The highest BCUT2D eigenvalue weighted by Crippen LogP contribution is 2.25. The molecule has 0 fully saturated rings. The Morgan fingerprint density at radius 2 is 2.21 bits per heavy atom. The summed E-state index contributed by atoms with van der Waals surface area (Å²) in [5.41, 5.74) is 4.44. The predicted octanol–water partition coefficient (Wildman–Crippen LogP) is 3.31. The lowest BCUT2D eigenvalue weighted by Crippen LogP contribution is -2.12. The van der Waals surface area contributed by atoms with Crippen LogP contribution in [0, 0.1) is 13.8 Å². The first-order valence-corrected chi connectivity index (χ1v) is 8.01. The minimum absolute atomic E-state index is 0.0332. The first-order chi connectivity index (χ1) is 11.6. The molecule has 124 valence electrons. The third-order valence-corrected chi connectivity index (χ3v) is 4.12. The van der Waals surface area contributed by atoms with Gasteiger partial charge in [-0.25, -0.2) is 4.98 Å². The van der Waals surface area contributed by atoms with Crippen molar-refractivity contribution in [2.75, 3.05) is 5.32 Å². The number of rotatable bonds is 6. The number of aromatic nitrogens is 4. The molecule has 1 amide bonds. The molecule has 3 aromatic rings. The van der Waals surface area contributed by atoms with Crippen LogP contribution in [-0.2, 0) is 11.3 Å². The molecule has 0 saturated heterocycles. The maximum atomic E-state index is 12.0.